The number of likely N-dealkylation sites (tertiary alicyclic amines) is 1. The molecule has 1 fully saturated rings. The number of carbonyl (C=O) groups excluding carboxylic acids is 1. The summed E-state index contributed by atoms with van der Waals surface area (Å²) in [5.41, 5.74) is 16.6. The Hall–Kier alpha value is -4.92. The second kappa shape index (κ2) is 15.3. The summed E-state index contributed by atoms with van der Waals surface area (Å²) < 4.78 is 12.9. The number of hydrogen-bond donors (Lipinski definition) is 2. The van der Waals surface area contributed by atoms with Gasteiger partial charge in [-0.25, -0.2) is 9.97 Å². The molecule has 0 amide bonds. The van der Waals surface area contributed by atoms with Gasteiger partial charge in [0.05, 0.1) is 13.1 Å². The highest BCUT2D eigenvalue weighted by Gasteiger charge is 2.37. The van der Waals surface area contributed by atoms with Crippen molar-refractivity contribution in [2.75, 3.05) is 24.6 Å². The summed E-state index contributed by atoms with van der Waals surface area (Å²) >= 11 is 6.10. The number of Topliss-reactive ketones (excluding diaryl/α,β-unsaturated/α-hetero) is 1. The maximum atomic E-state index is 13.4. The number of benzene rings is 4. The largest absolute Gasteiger partial charge is 0.489 e. The van der Waals surface area contributed by atoms with Gasteiger partial charge in [-0.1, -0.05) is 72.3 Å². The highest BCUT2D eigenvalue weighted by molar-refractivity contribution is 6.31. The molecule has 0 bridgehead atoms. The number of carbonyl (C=O) groups is 1. The number of quaternary nitrogens is 1. The monoisotopic (exact) mass is 662 g/mol. The third-order valence-corrected chi connectivity index (χ3v) is 9.19. The molecular formula is C39H41ClN5O3+. The summed E-state index contributed by atoms with van der Waals surface area (Å²) in [4.78, 5) is 21.6. The van der Waals surface area contributed by atoms with Crippen LogP contribution in [0.15, 0.2) is 109 Å². The van der Waals surface area contributed by atoms with E-state index < -0.39 is 0 Å². The summed E-state index contributed by atoms with van der Waals surface area (Å²) in [7, 11) is 0. The number of nitrogens with zero attached hydrogens (tertiary/aromatic N) is 3. The van der Waals surface area contributed by atoms with Crippen LogP contribution in [0, 0.1) is 5.92 Å². The SMILES string of the molecule is Nc1nc(N)c(C(=O)C[C@H]2CCC[N+](Cc3ccc(OCc4ccccc4)cc3)(Cc3ccc(OCc4ccccc4)cc3)C2)nc1Cl. The summed E-state index contributed by atoms with van der Waals surface area (Å²) in [5.74, 6) is 1.69. The lowest BCUT2D eigenvalue weighted by Gasteiger charge is -2.45. The molecule has 1 aromatic heterocycles. The van der Waals surface area contributed by atoms with Crippen LogP contribution in [0.25, 0.3) is 0 Å². The number of nitrogens with two attached hydrogens (primary N) is 2. The second-order valence-corrected chi connectivity index (χ2v) is 13.0. The van der Waals surface area contributed by atoms with Crippen LogP contribution in [0.5, 0.6) is 11.5 Å². The van der Waals surface area contributed by atoms with E-state index in [-0.39, 0.29) is 34.2 Å². The molecular weight excluding hydrogens is 622 g/mol. The number of aromatic nitrogens is 2. The Balaban J connectivity index is 1.18. The summed E-state index contributed by atoms with van der Waals surface area (Å²) in [6.45, 7) is 4.53. The molecule has 48 heavy (non-hydrogen) atoms. The van der Waals surface area contributed by atoms with Gasteiger partial charge in [-0.15, -0.1) is 0 Å². The second-order valence-electron chi connectivity index (χ2n) is 12.7. The molecule has 4 aromatic carbocycles. The molecule has 0 aliphatic carbocycles. The predicted molar refractivity (Wildman–Crippen MR) is 189 cm³/mol. The van der Waals surface area contributed by atoms with Gasteiger partial charge in [0.15, 0.2) is 22.6 Å². The molecule has 6 rings (SSSR count). The molecule has 2 heterocycles. The van der Waals surface area contributed by atoms with Crippen LogP contribution < -0.4 is 20.9 Å². The van der Waals surface area contributed by atoms with E-state index in [1.54, 1.807) is 0 Å². The van der Waals surface area contributed by atoms with Crippen molar-refractivity contribution in [1.29, 1.82) is 0 Å². The normalized spacial score (nSPS) is 15.5. The molecule has 1 atom stereocenters. The van der Waals surface area contributed by atoms with Crippen LogP contribution >= 0.6 is 11.6 Å². The van der Waals surface area contributed by atoms with Crippen LogP contribution in [-0.2, 0) is 26.3 Å². The van der Waals surface area contributed by atoms with Gasteiger partial charge in [-0.3, -0.25) is 4.79 Å². The smallest absolute Gasteiger partial charge is 0.185 e. The van der Waals surface area contributed by atoms with E-state index in [1.807, 2.05) is 60.7 Å². The average molecular weight is 663 g/mol. The molecule has 0 saturated carbocycles. The Bertz CT molecular complexity index is 1710. The Kier molecular flexibility index (Phi) is 10.5. The molecule has 0 radical (unpaired) electrons. The topological polar surface area (TPSA) is 113 Å². The fourth-order valence-corrected chi connectivity index (χ4v) is 6.73. The fourth-order valence-electron chi connectivity index (χ4n) is 6.60. The van der Waals surface area contributed by atoms with Gasteiger partial charge >= 0.3 is 0 Å². The van der Waals surface area contributed by atoms with Gasteiger partial charge in [0.1, 0.15) is 43.5 Å². The van der Waals surface area contributed by atoms with E-state index in [4.69, 9.17) is 32.5 Å². The van der Waals surface area contributed by atoms with E-state index in [2.05, 4.69) is 58.5 Å². The first-order valence-corrected chi connectivity index (χ1v) is 16.7. The first-order chi connectivity index (χ1) is 23.3. The van der Waals surface area contributed by atoms with E-state index in [0.29, 0.717) is 19.6 Å². The van der Waals surface area contributed by atoms with E-state index in [9.17, 15) is 4.79 Å². The first-order valence-electron chi connectivity index (χ1n) is 16.3. The molecule has 0 unspecified atom stereocenters. The van der Waals surface area contributed by atoms with Crippen molar-refractivity contribution in [1.82, 2.24) is 9.97 Å². The third kappa shape index (κ3) is 8.70. The van der Waals surface area contributed by atoms with Crippen molar-refractivity contribution < 1.29 is 18.8 Å². The van der Waals surface area contributed by atoms with Gasteiger partial charge in [0, 0.05) is 23.5 Å². The van der Waals surface area contributed by atoms with Crippen molar-refractivity contribution >= 4 is 29.0 Å². The molecule has 9 heteroatoms. The minimum atomic E-state index is -0.160. The number of anilines is 2. The Labute approximate surface area is 286 Å². The minimum Gasteiger partial charge on any atom is -0.489 e. The molecule has 246 valence electrons. The zero-order chi connectivity index (χ0) is 33.3. The van der Waals surface area contributed by atoms with Crippen LogP contribution in [0.2, 0.25) is 5.15 Å². The van der Waals surface area contributed by atoms with E-state index in [0.717, 1.165) is 66.1 Å². The van der Waals surface area contributed by atoms with Crippen molar-refractivity contribution in [3.05, 3.63) is 142 Å². The van der Waals surface area contributed by atoms with Crippen molar-refractivity contribution in [2.24, 2.45) is 5.92 Å². The highest BCUT2D eigenvalue weighted by atomic mass is 35.5. The third-order valence-electron chi connectivity index (χ3n) is 8.91. The minimum absolute atomic E-state index is 0.00582. The molecule has 5 aromatic rings. The molecule has 1 aliphatic rings. The molecule has 1 saturated heterocycles. The maximum absolute atomic E-state index is 13.4. The maximum Gasteiger partial charge on any atom is 0.185 e. The number of nitrogen functional groups attached to an aromatic ring is 2. The Morgan fingerprint density at radius 3 is 1.75 bits per heavy atom. The summed E-state index contributed by atoms with van der Waals surface area (Å²) in [6.07, 6.45) is 2.26. The van der Waals surface area contributed by atoms with Crippen LogP contribution in [0.1, 0.15) is 52.0 Å². The number of ketones is 1. The van der Waals surface area contributed by atoms with Gasteiger partial charge in [0.2, 0.25) is 0 Å². The van der Waals surface area contributed by atoms with Gasteiger partial charge in [0.25, 0.3) is 0 Å². The van der Waals surface area contributed by atoms with Crippen molar-refractivity contribution in [3.63, 3.8) is 0 Å². The fraction of sp³-hybridized carbons (Fsp3) is 0.256. The standard InChI is InChI=1S/C39H40ClN5O3/c40-37-39(42)44-38(41)36(43-37)35(46)22-32-12-7-21-45(25-32,23-28-13-17-33(18-14-28)47-26-30-8-3-1-4-9-30)24-29-15-19-34(20-16-29)48-27-31-10-5-2-6-11-31/h1-6,8-11,13-20,32H,7,12,21-27H2,(H3-,41,42,44,46)/p+1/t32-/m1/s1. The summed E-state index contributed by atoms with van der Waals surface area (Å²) in [6, 6.07) is 37.1. The Morgan fingerprint density at radius 2 is 1.23 bits per heavy atom. The lowest BCUT2D eigenvalue weighted by Crippen LogP contribution is -2.53. The van der Waals surface area contributed by atoms with Crippen molar-refractivity contribution in [3.8, 4) is 11.5 Å². The lowest BCUT2D eigenvalue weighted by atomic mass is 9.89. The number of rotatable bonds is 13. The lowest BCUT2D eigenvalue weighted by molar-refractivity contribution is -0.960. The molecule has 8 nitrogen and oxygen atoms in total. The molecule has 0 spiro atoms. The number of hydrogen-bond acceptors (Lipinski definition) is 7. The van der Waals surface area contributed by atoms with E-state index in [1.165, 1.54) is 11.1 Å². The average Bonchev–Trinajstić information content (AvgIpc) is 3.10. The Morgan fingerprint density at radius 1 is 0.708 bits per heavy atom. The zero-order valence-corrected chi connectivity index (χ0v) is 27.7. The van der Waals surface area contributed by atoms with Gasteiger partial charge in [-0.2, -0.15) is 0 Å². The zero-order valence-electron chi connectivity index (χ0n) is 26.9. The van der Waals surface area contributed by atoms with Crippen LogP contribution in [0.4, 0.5) is 11.6 Å². The molecule has 1 aliphatic heterocycles. The predicted octanol–water partition coefficient (Wildman–Crippen LogP) is 7.65. The number of halogens is 1. The quantitative estimate of drug-likeness (QED) is 0.0983. The van der Waals surface area contributed by atoms with Crippen molar-refractivity contribution in [2.45, 2.75) is 45.6 Å². The van der Waals surface area contributed by atoms with Crippen LogP contribution in [0.3, 0.4) is 0 Å². The first kappa shape index (κ1) is 33.0. The van der Waals surface area contributed by atoms with Gasteiger partial charge in [-0.05, 0) is 72.5 Å². The van der Waals surface area contributed by atoms with Crippen LogP contribution in [-0.4, -0.2) is 33.3 Å². The molecule has 4 N–H and O–H groups in total. The van der Waals surface area contributed by atoms with E-state index >= 15 is 0 Å². The number of ether oxygens (including phenoxy) is 2. The highest BCUT2D eigenvalue weighted by Crippen LogP contribution is 2.33. The number of piperidine rings is 1. The van der Waals surface area contributed by atoms with Gasteiger partial charge < -0.3 is 25.4 Å². The summed E-state index contributed by atoms with van der Waals surface area (Å²) in [5, 5.41) is -0.00582.